The minimum Gasteiger partial charge on any atom is -0.303 e. The van der Waals surface area contributed by atoms with Crippen LogP contribution in [0.5, 0.6) is 0 Å². The molecule has 0 radical (unpaired) electrons. The number of allylic oxidation sites excluding steroid dienone is 1. The van der Waals surface area contributed by atoms with Crippen LogP contribution in [0.25, 0.3) is 0 Å². The van der Waals surface area contributed by atoms with Gasteiger partial charge in [-0.05, 0) is 47.1 Å². The van der Waals surface area contributed by atoms with Gasteiger partial charge < -0.3 is 5.32 Å². The molecule has 0 bridgehead atoms. The van der Waals surface area contributed by atoms with Gasteiger partial charge in [0.15, 0.2) is 0 Å². The number of rotatable bonds is 3. The lowest BCUT2D eigenvalue weighted by Gasteiger charge is -2.17. The molecule has 1 aromatic heterocycles. The molecule has 1 aliphatic rings. The second-order valence-corrected chi connectivity index (χ2v) is 5.44. The summed E-state index contributed by atoms with van der Waals surface area (Å²) in [6.45, 7) is 2.22. The molecule has 2 rings (SSSR count). The van der Waals surface area contributed by atoms with Crippen molar-refractivity contribution in [1.29, 1.82) is 0 Å². The van der Waals surface area contributed by atoms with Gasteiger partial charge in [-0.15, -0.1) is 11.3 Å². The Morgan fingerprint density at radius 1 is 1.64 bits per heavy atom. The standard InChI is InChI=1S/C11H14BrNS/c1-8(11-10(12)6-7-14-11)13-9-4-2-3-5-9/h2,4,6-9,13H,3,5H2,1H3. The molecule has 3 heteroatoms. The fraction of sp³-hybridized carbons (Fsp3) is 0.455. The van der Waals surface area contributed by atoms with Crippen LogP contribution in [0.1, 0.15) is 30.7 Å². The van der Waals surface area contributed by atoms with Crippen LogP contribution in [0.3, 0.4) is 0 Å². The molecule has 1 aromatic rings. The summed E-state index contributed by atoms with van der Waals surface area (Å²) < 4.78 is 1.23. The Labute approximate surface area is 97.3 Å². The predicted molar refractivity (Wildman–Crippen MR) is 65.7 cm³/mol. The van der Waals surface area contributed by atoms with Crippen LogP contribution >= 0.6 is 27.3 Å². The maximum Gasteiger partial charge on any atom is 0.0402 e. The Balaban J connectivity index is 1.98. The second kappa shape index (κ2) is 4.60. The van der Waals surface area contributed by atoms with E-state index in [-0.39, 0.29) is 0 Å². The first-order valence-electron chi connectivity index (χ1n) is 4.93. The summed E-state index contributed by atoms with van der Waals surface area (Å²) >= 11 is 5.38. The molecule has 0 saturated carbocycles. The maximum atomic E-state index is 3.62. The predicted octanol–water partition coefficient (Wildman–Crippen LogP) is 3.88. The number of nitrogens with one attached hydrogen (secondary N) is 1. The summed E-state index contributed by atoms with van der Waals surface area (Å²) in [5, 5.41) is 5.74. The molecular formula is C11H14BrNS. The number of thiophene rings is 1. The molecule has 0 saturated heterocycles. The van der Waals surface area contributed by atoms with Crippen molar-refractivity contribution in [3.8, 4) is 0 Å². The van der Waals surface area contributed by atoms with Crippen LogP contribution in [-0.2, 0) is 0 Å². The number of halogens is 1. The first kappa shape index (κ1) is 10.4. The van der Waals surface area contributed by atoms with E-state index in [0.717, 1.165) is 0 Å². The molecule has 0 amide bonds. The molecule has 1 heterocycles. The zero-order chi connectivity index (χ0) is 9.97. The smallest absolute Gasteiger partial charge is 0.0402 e. The SMILES string of the molecule is CC(NC1C=CCC1)c1sccc1Br. The van der Waals surface area contributed by atoms with Crippen molar-refractivity contribution in [2.75, 3.05) is 0 Å². The Bertz CT molecular complexity index is 332. The fourth-order valence-electron chi connectivity index (χ4n) is 1.78. The van der Waals surface area contributed by atoms with Gasteiger partial charge in [-0.2, -0.15) is 0 Å². The van der Waals surface area contributed by atoms with Crippen molar-refractivity contribution in [3.63, 3.8) is 0 Å². The van der Waals surface area contributed by atoms with E-state index in [2.05, 4.69) is 51.8 Å². The van der Waals surface area contributed by atoms with Crippen molar-refractivity contribution in [2.45, 2.75) is 31.8 Å². The highest BCUT2D eigenvalue weighted by molar-refractivity contribution is 9.10. The summed E-state index contributed by atoms with van der Waals surface area (Å²) in [5.41, 5.74) is 0. The molecule has 2 unspecified atom stereocenters. The largest absolute Gasteiger partial charge is 0.303 e. The first-order valence-corrected chi connectivity index (χ1v) is 6.60. The van der Waals surface area contributed by atoms with E-state index >= 15 is 0 Å². The summed E-state index contributed by atoms with van der Waals surface area (Å²) in [5.74, 6) is 0. The fourth-order valence-corrected chi connectivity index (χ4v) is 3.52. The van der Waals surface area contributed by atoms with Crippen LogP contribution in [0.15, 0.2) is 28.1 Å². The lowest BCUT2D eigenvalue weighted by molar-refractivity contribution is 0.510. The molecule has 1 aliphatic carbocycles. The van der Waals surface area contributed by atoms with Crippen molar-refractivity contribution >= 4 is 27.3 Å². The lowest BCUT2D eigenvalue weighted by atomic mass is 10.2. The van der Waals surface area contributed by atoms with E-state index in [0.29, 0.717) is 12.1 Å². The van der Waals surface area contributed by atoms with Crippen LogP contribution in [0, 0.1) is 0 Å². The van der Waals surface area contributed by atoms with E-state index in [4.69, 9.17) is 0 Å². The van der Waals surface area contributed by atoms with Gasteiger partial charge in [-0.1, -0.05) is 12.2 Å². The van der Waals surface area contributed by atoms with Gasteiger partial charge in [0, 0.05) is 21.4 Å². The molecule has 14 heavy (non-hydrogen) atoms. The Hall–Kier alpha value is -0.120. The average Bonchev–Trinajstić information content (AvgIpc) is 2.75. The highest BCUT2D eigenvalue weighted by Crippen LogP contribution is 2.29. The molecule has 76 valence electrons. The van der Waals surface area contributed by atoms with Gasteiger partial charge in [0.1, 0.15) is 0 Å². The third kappa shape index (κ3) is 2.27. The van der Waals surface area contributed by atoms with Gasteiger partial charge in [0.05, 0.1) is 0 Å². The number of hydrogen-bond donors (Lipinski definition) is 1. The van der Waals surface area contributed by atoms with Crippen molar-refractivity contribution in [3.05, 3.63) is 32.9 Å². The molecule has 0 fully saturated rings. The third-order valence-electron chi connectivity index (χ3n) is 2.51. The molecule has 2 atom stereocenters. The molecule has 1 N–H and O–H groups in total. The third-order valence-corrected chi connectivity index (χ3v) is 4.57. The maximum absolute atomic E-state index is 3.62. The molecule has 0 aliphatic heterocycles. The minimum absolute atomic E-state index is 0.442. The molecule has 1 nitrogen and oxygen atoms in total. The normalized spacial score (nSPS) is 22.9. The summed E-state index contributed by atoms with van der Waals surface area (Å²) in [4.78, 5) is 1.39. The van der Waals surface area contributed by atoms with E-state index in [1.165, 1.54) is 22.2 Å². The quantitative estimate of drug-likeness (QED) is 0.823. The van der Waals surface area contributed by atoms with Crippen molar-refractivity contribution in [2.24, 2.45) is 0 Å². The second-order valence-electron chi connectivity index (χ2n) is 3.63. The Kier molecular flexibility index (Phi) is 3.42. The highest BCUT2D eigenvalue weighted by Gasteiger charge is 2.15. The van der Waals surface area contributed by atoms with Crippen LogP contribution in [0.4, 0.5) is 0 Å². The topological polar surface area (TPSA) is 12.0 Å². The highest BCUT2D eigenvalue weighted by atomic mass is 79.9. The summed E-state index contributed by atoms with van der Waals surface area (Å²) in [6.07, 6.45) is 7.00. The first-order chi connectivity index (χ1) is 6.77. The van der Waals surface area contributed by atoms with Gasteiger partial charge in [0.25, 0.3) is 0 Å². The lowest BCUT2D eigenvalue weighted by Crippen LogP contribution is -2.27. The Morgan fingerprint density at radius 3 is 3.07 bits per heavy atom. The van der Waals surface area contributed by atoms with Crippen molar-refractivity contribution in [1.82, 2.24) is 5.32 Å². The van der Waals surface area contributed by atoms with E-state index in [1.807, 2.05) is 11.3 Å². The zero-order valence-electron chi connectivity index (χ0n) is 8.16. The van der Waals surface area contributed by atoms with E-state index in [1.54, 1.807) is 0 Å². The van der Waals surface area contributed by atoms with Gasteiger partial charge in [0.2, 0.25) is 0 Å². The van der Waals surface area contributed by atoms with Crippen LogP contribution in [0.2, 0.25) is 0 Å². The van der Waals surface area contributed by atoms with E-state index in [9.17, 15) is 0 Å². The monoisotopic (exact) mass is 271 g/mol. The van der Waals surface area contributed by atoms with Crippen molar-refractivity contribution < 1.29 is 0 Å². The number of hydrogen-bond acceptors (Lipinski definition) is 2. The molecule has 0 aromatic carbocycles. The average molecular weight is 272 g/mol. The van der Waals surface area contributed by atoms with Gasteiger partial charge in [-0.25, -0.2) is 0 Å². The molecule has 0 spiro atoms. The minimum atomic E-state index is 0.442. The van der Waals surface area contributed by atoms with Gasteiger partial charge in [-0.3, -0.25) is 0 Å². The van der Waals surface area contributed by atoms with Gasteiger partial charge >= 0.3 is 0 Å². The molecular weight excluding hydrogens is 258 g/mol. The summed E-state index contributed by atoms with van der Waals surface area (Å²) in [7, 11) is 0. The van der Waals surface area contributed by atoms with E-state index < -0.39 is 0 Å². The van der Waals surface area contributed by atoms with Crippen LogP contribution in [-0.4, -0.2) is 6.04 Å². The Morgan fingerprint density at radius 2 is 2.50 bits per heavy atom. The zero-order valence-corrected chi connectivity index (χ0v) is 10.6. The summed E-state index contributed by atoms with van der Waals surface area (Å²) in [6, 6.07) is 3.12. The van der Waals surface area contributed by atoms with Crippen LogP contribution < -0.4 is 5.32 Å².